The van der Waals surface area contributed by atoms with E-state index in [2.05, 4.69) is 10.3 Å². The Kier molecular flexibility index (Phi) is 6.36. The van der Waals surface area contributed by atoms with Crippen molar-refractivity contribution in [3.05, 3.63) is 50.7 Å². The zero-order chi connectivity index (χ0) is 22.8. The fraction of sp³-hybridized carbons (Fsp3) is 0.522. The first-order valence-corrected chi connectivity index (χ1v) is 11.2. The second-order valence-electron chi connectivity index (χ2n) is 8.63. The van der Waals surface area contributed by atoms with E-state index < -0.39 is 17.4 Å². The molecule has 0 amide bonds. The molecule has 0 radical (unpaired) electrons. The van der Waals surface area contributed by atoms with Crippen molar-refractivity contribution in [2.24, 2.45) is 14.1 Å². The Labute approximate surface area is 186 Å². The Hall–Kier alpha value is -3.07. The molecule has 0 unspecified atom stereocenters. The van der Waals surface area contributed by atoms with Crippen LogP contribution in [-0.2, 0) is 20.6 Å². The number of nitrogens with one attached hydrogen (secondary N) is 1. The summed E-state index contributed by atoms with van der Waals surface area (Å²) < 4.78 is 9.94. The molecule has 1 saturated carbocycles. The minimum Gasteiger partial charge on any atom is -0.491 e. The molecule has 1 aliphatic rings. The SMILES string of the molecule is Cc1ccccc1OC[C@H](O)Cn1c(NC2CCCCC2)nc2c1c(=O)n(C)c(=O)n2C. The highest BCUT2D eigenvalue weighted by molar-refractivity contribution is 5.74. The van der Waals surface area contributed by atoms with Gasteiger partial charge in [-0.1, -0.05) is 37.5 Å². The number of hydrogen-bond acceptors (Lipinski definition) is 6. The van der Waals surface area contributed by atoms with E-state index in [1.165, 1.54) is 18.0 Å². The lowest BCUT2D eigenvalue weighted by Crippen LogP contribution is -2.38. The van der Waals surface area contributed by atoms with Gasteiger partial charge in [0.2, 0.25) is 5.95 Å². The lowest BCUT2D eigenvalue weighted by Gasteiger charge is -2.24. The number of aryl methyl sites for hydroxylation is 2. The van der Waals surface area contributed by atoms with Crippen molar-refractivity contribution in [2.75, 3.05) is 11.9 Å². The van der Waals surface area contributed by atoms with Crippen LogP contribution in [0, 0.1) is 6.92 Å². The third-order valence-corrected chi connectivity index (χ3v) is 6.20. The summed E-state index contributed by atoms with van der Waals surface area (Å²) in [5.74, 6) is 1.21. The minimum absolute atomic E-state index is 0.0689. The summed E-state index contributed by atoms with van der Waals surface area (Å²) in [5, 5.41) is 14.2. The number of anilines is 1. The van der Waals surface area contributed by atoms with Crippen LogP contribution in [0.15, 0.2) is 33.9 Å². The maximum atomic E-state index is 13.0. The van der Waals surface area contributed by atoms with E-state index in [0.717, 1.165) is 35.8 Å². The predicted octanol–water partition coefficient (Wildman–Crippen LogP) is 1.93. The van der Waals surface area contributed by atoms with E-state index in [1.807, 2.05) is 31.2 Å². The average Bonchev–Trinajstić information content (AvgIpc) is 3.14. The van der Waals surface area contributed by atoms with Crippen molar-refractivity contribution >= 4 is 17.1 Å². The fourth-order valence-corrected chi connectivity index (χ4v) is 4.33. The molecular formula is C23H31N5O4. The summed E-state index contributed by atoms with van der Waals surface area (Å²) >= 11 is 0. The van der Waals surface area contributed by atoms with Crippen molar-refractivity contribution in [1.29, 1.82) is 0 Å². The highest BCUT2D eigenvalue weighted by Gasteiger charge is 2.23. The first kappa shape index (κ1) is 22.1. The van der Waals surface area contributed by atoms with Gasteiger partial charge in [0.05, 0.1) is 6.54 Å². The molecule has 0 aliphatic heterocycles. The molecule has 0 spiro atoms. The summed E-state index contributed by atoms with van der Waals surface area (Å²) in [4.78, 5) is 30.0. The Morgan fingerprint density at radius 1 is 1.16 bits per heavy atom. The first-order chi connectivity index (χ1) is 15.4. The molecule has 9 heteroatoms. The fourth-order valence-electron chi connectivity index (χ4n) is 4.33. The standard InChI is InChI=1S/C23H31N5O4/c1-15-9-7-8-12-18(15)32-14-17(29)13-28-19-20(26(2)23(31)27(3)21(19)30)25-22(28)24-16-10-5-4-6-11-16/h7-9,12,16-17,29H,4-6,10-11,13-14H2,1-3H3,(H,24,25)/t17-/m1/s1. The number of aliphatic hydroxyl groups excluding tert-OH is 1. The molecule has 1 atom stereocenters. The molecule has 4 rings (SSSR count). The van der Waals surface area contributed by atoms with Crippen LogP contribution in [0.25, 0.3) is 11.2 Å². The molecule has 1 aromatic carbocycles. The van der Waals surface area contributed by atoms with Gasteiger partial charge in [-0.3, -0.25) is 13.9 Å². The van der Waals surface area contributed by atoms with Gasteiger partial charge in [-0.25, -0.2) is 4.79 Å². The van der Waals surface area contributed by atoms with Crippen molar-refractivity contribution < 1.29 is 9.84 Å². The molecule has 2 heterocycles. The summed E-state index contributed by atoms with van der Waals surface area (Å²) in [5.41, 5.74) is 0.724. The number of imidazole rings is 1. The number of aromatic nitrogens is 4. The minimum atomic E-state index is -0.874. The topological polar surface area (TPSA) is 103 Å². The van der Waals surface area contributed by atoms with E-state index in [-0.39, 0.29) is 19.2 Å². The maximum Gasteiger partial charge on any atom is 0.332 e. The Morgan fingerprint density at radius 2 is 1.88 bits per heavy atom. The Balaban J connectivity index is 1.67. The zero-order valence-electron chi connectivity index (χ0n) is 18.9. The second-order valence-corrected chi connectivity index (χ2v) is 8.63. The quantitative estimate of drug-likeness (QED) is 0.581. The van der Waals surface area contributed by atoms with Crippen LogP contribution >= 0.6 is 0 Å². The van der Waals surface area contributed by atoms with Crippen LogP contribution in [0.1, 0.15) is 37.7 Å². The van der Waals surface area contributed by atoms with Crippen LogP contribution < -0.4 is 21.3 Å². The van der Waals surface area contributed by atoms with E-state index in [4.69, 9.17) is 4.74 Å². The van der Waals surface area contributed by atoms with E-state index in [1.54, 1.807) is 11.6 Å². The van der Waals surface area contributed by atoms with Crippen LogP contribution in [0.5, 0.6) is 5.75 Å². The number of fused-ring (bicyclic) bond motifs is 1. The molecule has 2 N–H and O–H groups in total. The number of nitrogens with zero attached hydrogens (tertiary/aromatic N) is 4. The van der Waals surface area contributed by atoms with Gasteiger partial charge in [0.15, 0.2) is 11.2 Å². The average molecular weight is 442 g/mol. The van der Waals surface area contributed by atoms with Gasteiger partial charge in [-0.05, 0) is 31.4 Å². The molecule has 9 nitrogen and oxygen atoms in total. The van der Waals surface area contributed by atoms with Gasteiger partial charge < -0.3 is 19.7 Å². The van der Waals surface area contributed by atoms with Crippen LogP contribution in [0.3, 0.4) is 0 Å². The molecule has 0 saturated heterocycles. The molecular weight excluding hydrogens is 410 g/mol. The lowest BCUT2D eigenvalue weighted by atomic mass is 9.96. The molecule has 2 aromatic heterocycles. The highest BCUT2D eigenvalue weighted by Crippen LogP contribution is 2.24. The van der Waals surface area contributed by atoms with E-state index >= 15 is 0 Å². The van der Waals surface area contributed by atoms with Crippen LogP contribution in [0.2, 0.25) is 0 Å². The van der Waals surface area contributed by atoms with Crippen molar-refractivity contribution in [3.8, 4) is 5.75 Å². The number of para-hydroxylation sites is 1. The van der Waals surface area contributed by atoms with Gasteiger partial charge in [0.1, 0.15) is 18.5 Å². The first-order valence-electron chi connectivity index (χ1n) is 11.2. The van der Waals surface area contributed by atoms with Crippen molar-refractivity contribution in [2.45, 2.75) is 57.7 Å². The second kappa shape index (κ2) is 9.20. The van der Waals surface area contributed by atoms with E-state index in [9.17, 15) is 14.7 Å². The normalized spacial score (nSPS) is 15.8. The van der Waals surface area contributed by atoms with Crippen LogP contribution in [-0.4, -0.2) is 42.5 Å². The summed E-state index contributed by atoms with van der Waals surface area (Å²) in [6.07, 6.45) is 4.69. The Bertz CT molecular complexity index is 1220. The predicted molar refractivity (Wildman–Crippen MR) is 123 cm³/mol. The summed E-state index contributed by atoms with van der Waals surface area (Å²) in [6.45, 7) is 2.13. The third-order valence-electron chi connectivity index (χ3n) is 6.20. The third kappa shape index (κ3) is 4.29. The number of aliphatic hydroxyl groups is 1. The van der Waals surface area contributed by atoms with Crippen molar-refractivity contribution in [1.82, 2.24) is 18.7 Å². The zero-order valence-corrected chi connectivity index (χ0v) is 18.9. The molecule has 1 aliphatic carbocycles. The van der Waals surface area contributed by atoms with Gasteiger partial charge in [0, 0.05) is 20.1 Å². The largest absolute Gasteiger partial charge is 0.491 e. The van der Waals surface area contributed by atoms with Crippen LogP contribution in [0.4, 0.5) is 5.95 Å². The number of ether oxygens (including phenoxy) is 1. The number of benzene rings is 1. The number of hydrogen-bond donors (Lipinski definition) is 2. The summed E-state index contributed by atoms with van der Waals surface area (Å²) in [7, 11) is 3.05. The summed E-state index contributed by atoms with van der Waals surface area (Å²) in [6, 6.07) is 7.87. The molecule has 0 bridgehead atoms. The molecule has 172 valence electrons. The van der Waals surface area contributed by atoms with Gasteiger partial charge >= 0.3 is 5.69 Å². The highest BCUT2D eigenvalue weighted by atomic mass is 16.5. The van der Waals surface area contributed by atoms with Gasteiger partial charge in [-0.15, -0.1) is 0 Å². The monoisotopic (exact) mass is 441 g/mol. The van der Waals surface area contributed by atoms with Crippen molar-refractivity contribution in [3.63, 3.8) is 0 Å². The van der Waals surface area contributed by atoms with E-state index in [0.29, 0.717) is 22.9 Å². The number of rotatable bonds is 7. The Morgan fingerprint density at radius 3 is 2.59 bits per heavy atom. The molecule has 32 heavy (non-hydrogen) atoms. The lowest BCUT2D eigenvalue weighted by molar-refractivity contribution is 0.0934. The maximum absolute atomic E-state index is 13.0. The smallest absolute Gasteiger partial charge is 0.332 e. The van der Waals surface area contributed by atoms with Gasteiger partial charge in [0.25, 0.3) is 5.56 Å². The molecule has 3 aromatic rings. The molecule has 1 fully saturated rings. The van der Waals surface area contributed by atoms with Gasteiger partial charge in [-0.2, -0.15) is 4.98 Å².